The van der Waals surface area contributed by atoms with Gasteiger partial charge in [-0.3, -0.25) is 4.79 Å². The Morgan fingerprint density at radius 1 is 1.00 bits per heavy atom. The number of hydrogen-bond acceptors (Lipinski definition) is 4. The molecule has 1 atom stereocenters. The number of amides is 3. The lowest BCUT2D eigenvalue weighted by molar-refractivity contribution is -0.120. The van der Waals surface area contributed by atoms with Gasteiger partial charge in [0, 0.05) is 21.7 Å². The maximum Gasteiger partial charge on any atom is 0.344 e. The zero-order valence-electron chi connectivity index (χ0n) is 13.1. The summed E-state index contributed by atoms with van der Waals surface area (Å²) in [4.78, 5) is 38.2. The second-order valence-electron chi connectivity index (χ2n) is 6.11. The number of halogens is 1. The van der Waals surface area contributed by atoms with Crippen LogP contribution in [-0.4, -0.2) is 11.9 Å². The van der Waals surface area contributed by atoms with Crippen LogP contribution in [0.4, 0.5) is 16.2 Å². The average Bonchev–Trinajstić information content (AvgIpc) is 2.86. The van der Waals surface area contributed by atoms with E-state index in [1.807, 2.05) is 0 Å². The Morgan fingerprint density at radius 2 is 1.81 bits per heavy atom. The molecule has 7 nitrogen and oxygen atoms in total. The van der Waals surface area contributed by atoms with Crippen molar-refractivity contribution in [3.8, 4) is 0 Å². The number of rotatable bonds is 0. The lowest BCUT2D eigenvalue weighted by Crippen LogP contribution is -2.58. The van der Waals surface area contributed by atoms with E-state index in [-0.39, 0.29) is 11.3 Å². The molecule has 8 heteroatoms. The number of carbonyl (C=O) groups is 2. The summed E-state index contributed by atoms with van der Waals surface area (Å²) >= 11 is 6.10. The summed E-state index contributed by atoms with van der Waals surface area (Å²) in [6, 6.07) is 11.0. The molecule has 0 saturated heterocycles. The molecule has 0 saturated carbocycles. The van der Waals surface area contributed by atoms with Crippen LogP contribution < -0.4 is 21.6 Å². The highest BCUT2D eigenvalue weighted by Crippen LogP contribution is 2.46. The van der Waals surface area contributed by atoms with Gasteiger partial charge in [-0.2, -0.15) is 0 Å². The van der Waals surface area contributed by atoms with Crippen LogP contribution in [0.2, 0.25) is 5.02 Å². The van der Waals surface area contributed by atoms with Crippen LogP contribution in [0.5, 0.6) is 0 Å². The predicted molar refractivity (Wildman–Crippen MR) is 95.5 cm³/mol. The van der Waals surface area contributed by atoms with E-state index in [4.69, 9.17) is 16.0 Å². The van der Waals surface area contributed by atoms with Crippen molar-refractivity contribution in [3.63, 3.8) is 0 Å². The fourth-order valence-corrected chi connectivity index (χ4v) is 3.82. The molecule has 1 aromatic heterocycles. The summed E-state index contributed by atoms with van der Waals surface area (Å²) in [6.45, 7) is 0. The third kappa shape index (κ3) is 1.75. The van der Waals surface area contributed by atoms with Crippen molar-refractivity contribution in [3.05, 3.63) is 69.0 Å². The molecular formula is C18H10ClN3O4. The van der Waals surface area contributed by atoms with Crippen LogP contribution in [0.15, 0.2) is 51.7 Å². The smallest absolute Gasteiger partial charge is 0.344 e. The van der Waals surface area contributed by atoms with Gasteiger partial charge in [-0.15, -0.1) is 0 Å². The van der Waals surface area contributed by atoms with Gasteiger partial charge in [0.25, 0.3) is 5.91 Å². The van der Waals surface area contributed by atoms with Crippen molar-refractivity contribution in [2.24, 2.45) is 0 Å². The summed E-state index contributed by atoms with van der Waals surface area (Å²) in [5.74, 6) is -0.548. The number of nitrogens with one attached hydrogen (secondary N) is 3. The zero-order chi connectivity index (χ0) is 18.1. The Kier molecular flexibility index (Phi) is 2.80. The molecule has 0 fully saturated rings. The summed E-state index contributed by atoms with van der Waals surface area (Å²) < 4.78 is 5.42. The van der Waals surface area contributed by atoms with Crippen molar-refractivity contribution in [1.82, 2.24) is 5.32 Å². The molecule has 2 aliphatic heterocycles. The molecule has 5 rings (SSSR count). The van der Waals surface area contributed by atoms with E-state index in [0.717, 1.165) is 0 Å². The minimum atomic E-state index is -1.71. The Morgan fingerprint density at radius 3 is 2.65 bits per heavy atom. The molecule has 0 aliphatic carbocycles. The largest absolute Gasteiger partial charge is 0.422 e. The molecule has 1 unspecified atom stereocenters. The standard InChI is InChI=1S/C18H10ClN3O4/c19-8-5-6-11-10(7-8)18(16(24)20-11)13-14(21-17(25)22-18)9-3-1-2-4-12(9)26-15(13)23/h1-7H,(H,20,24)(H2,21,22,25). The molecule has 26 heavy (non-hydrogen) atoms. The molecule has 2 aliphatic rings. The minimum absolute atomic E-state index is 0.0225. The summed E-state index contributed by atoms with van der Waals surface area (Å²) in [7, 11) is 0. The number of anilines is 2. The van der Waals surface area contributed by atoms with Gasteiger partial charge in [0.15, 0.2) is 5.54 Å². The van der Waals surface area contributed by atoms with Gasteiger partial charge in [0.05, 0.1) is 5.69 Å². The number of hydrogen-bond donors (Lipinski definition) is 3. The lowest BCUT2D eigenvalue weighted by Gasteiger charge is -2.34. The molecular weight excluding hydrogens is 358 g/mol. The van der Waals surface area contributed by atoms with Crippen LogP contribution in [-0.2, 0) is 10.3 Å². The molecule has 0 radical (unpaired) electrons. The van der Waals surface area contributed by atoms with Gasteiger partial charge in [-0.1, -0.05) is 23.7 Å². The molecule has 2 aromatic carbocycles. The quantitative estimate of drug-likeness (QED) is 0.532. The fourth-order valence-electron chi connectivity index (χ4n) is 3.64. The van der Waals surface area contributed by atoms with Crippen molar-refractivity contribution >= 4 is 45.9 Å². The van der Waals surface area contributed by atoms with E-state index in [0.29, 0.717) is 27.2 Å². The van der Waals surface area contributed by atoms with Gasteiger partial charge in [0.2, 0.25) is 0 Å². The molecule has 3 amide bonds. The molecule has 3 aromatic rings. The first-order chi connectivity index (χ1) is 12.5. The molecule has 128 valence electrons. The second-order valence-corrected chi connectivity index (χ2v) is 6.55. The van der Waals surface area contributed by atoms with Crippen LogP contribution in [0.1, 0.15) is 11.1 Å². The third-order valence-electron chi connectivity index (χ3n) is 4.70. The van der Waals surface area contributed by atoms with Gasteiger partial charge in [0.1, 0.15) is 11.1 Å². The van der Waals surface area contributed by atoms with Gasteiger partial charge < -0.3 is 20.4 Å². The first kappa shape index (κ1) is 15.0. The first-order valence-corrected chi connectivity index (χ1v) is 8.15. The van der Waals surface area contributed by atoms with E-state index in [9.17, 15) is 14.4 Å². The van der Waals surface area contributed by atoms with E-state index in [2.05, 4.69) is 16.0 Å². The van der Waals surface area contributed by atoms with E-state index in [1.165, 1.54) is 0 Å². The average molecular weight is 368 g/mol. The maximum absolute atomic E-state index is 12.9. The minimum Gasteiger partial charge on any atom is -0.422 e. The Bertz CT molecular complexity index is 1200. The highest BCUT2D eigenvalue weighted by molar-refractivity contribution is 6.31. The highest BCUT2D eigenvalue weighted by Gasteiger charge is 2.55. The predicted octanol–water partition coefficient (Wildman–Crippen LogP) is 2.78. The van der Waals surface area contributed by atoms with Crippen molar-refractivity contribution < 1.29 is 14.0 Å². The summed E-state index contributed by atoms with van der Waals surface area (Å²) in [5, 5.41) is 8.85. The van der Waals surface area contributed by atoms with Crippen LogP contribution >= 0.6 is 11.6 Å². The normalized spacial score (nSPS) is 20.3. The van der Waals surface area contributed by atoms with Crippen molar-refractivity contribution in [1.29, 1.82) is 0 Å². The SMILES string of the molecule is O=C1Nc2c(c(=O)oc3ccccc23)C2(N1)C(=O)Nc1ccc(Cl)cc12. The topological polar surface area (TPSA) is 100 Å². The molecule has 3 heterocycles. The molecule has 0 bridgehead atoms. The number of benzene rings is 2. The van der Waals surface area contributed by atoms with Crippen molar-refractivity contribution in [2.75, 3.05) is 10.6 Å². The number of carbonyl (C=O) groups excluding carboxylic acids is 2. The van der Waals surface area contributed by atoms with E-state index in [1.54, 1.807) is 42.5 Å². The van der Waals surface area contributed by atoms with Crippen LogP contribution in [0.25, 0.3) is 11.0 Å². The Hall–Kier alpha value is -3.32. The molecule has 1 spiro atoms. The van der Waals surface area contributed by atoms with Gasteiger partial charge in [-0.25, -0.2) is 9.59 Å². The summed E-state index contributed by atoms with van der Waals surface area (Å²) in [6.07, 6.45) is 0. The van der Waals surface area contributed by atoms with E-state index >= 15 is 0 Å². The van der Waals surface area contributed by atoms with Crippen LogP contribution in [0.3, 0.4) is 0 Å². The summed E-state index contributed by atoms with van der Waals surface area (Å²) in [5.41, 5.74) is -0.957. The zero-order valence-corrected chi connectivity index (χ0v) is 13.8. The third-order valence-corrected chi connectivity index (χ3v) is 4.94. The second kappa shape index (κ2) is 4.86. The number of para-hydroxylation sites is 1. The monoisotopic (exact) mass is 367 g/mol. The van der Waals surface area contributed by atoms with E-state index < -0.39 is 23.1 Å². The number of urea groups is 1. The maximum atomic E-state index is 12.9. The van der Waals surface area contributed by atoms with Crippen molar-refractivity contribution in [2.45, 2.75) is 5.54 Å². The van der Waals surface area contributed by atoms with Gasteiger partial charge >= 0.3 is 11.7 Å². The Labute approximate surface area is 150 Å². The highest BCUT2D eigenvalue weighted by atomic mass is 35.5. The van der Waals surface area contributed by atoms with Gasteiger partial charge in [-0.05, 0) is 30.3 Å². The molecule has 3 N–H and O–H groups in total. The number of fused-ring (bicyclic) bond motifs is 6. The fraction of sp³-hybridized carbons (Fsp3) is 0.0556. The Balaban J connectivity index is 1.95. The first-order valence-electron chi connectivity index (χ1n) is 7.77. The van der Waals surface area contributed by atoms with Crippen LogP contribution in [0, 0.1) is 0 Å². The lowest BCUT2D eigenvalue weighted by atomic mass is 9.82.